The Labute approximate surface area is 79.8 Å². The van der Waals surface area contributed by atoms with Gasteiger partial charge in [-0.3, -0.25) is 4.79 Å². The number of carbonyl (C=O) groups is 1. The minimum atomic E-state index is 0.151. The molecule has 0 spiro atoms. The third-order valence-corrected chi connectivity index (χ3v) is 2.13. The lowest BCUT2D eigenvalue weighted by Gasteiger charge is -2.08. The van der Waals surface area contributed by atoms with Gasteiger partial charge in [0, 0.05) is 18.3 Å². The van der Waals surface area contributed by atoms with E-state index in [1.807, 2.05) is 38.2 Å². The van der Waals surface area contributed by atoms with Gasteiger partial charge in [-0.25, -0.2) is 0 Å². The zero-order chi connectivity index (χ0) is 9.68. The smallest absolute Gasteiger partial charge is 0.136 e. The van der Waals surface area contributed by atoms with Crippen molar-refractivity contribution in [3.8, 4) is 0 Å². The summed E-state index contributed by atoms with van der Waals surface area (Å²) in [5, 5.41) is 0. The van der Waals surface area contributed by atoms with Crippen LogP contribution < -0.4 is 0 Å². The second kappa shape index (κ2) is 4.80. The molecule has 1 aliphatic carbocycles. The van der Waals surface area contributed by atoms with Crippen LogP contribution in [0.4, 0.5) is 0 Å². The Morgan fingerprint density at radius 3 is 2.15 bits per heavy atom. The van der Waals surface area contributed by atoms with Crippen LogP contribution in [0.3, 0.4) is 0 Å². The molecular formula is C12H16O. The number of Topliss-reactive ketones (excluding diaryl/α,β-unsaturated/α-hetero) is 1. The lowest BCUT2D eigenvalue weighted by atomic mass is 9.96. The summed E-state index contributed by atoms with van der Waals surface area (Å²) >= 11 is 0. The van der Waals surface area contributed by atoms with E-state index in [-0.39, 0.29) is 11.8 Å². The van der Waals surface area contributed by atoms with Gasteiger partial charge in [0.25, 0.3) is 0 Å². The SMILES string of the molecule is CC(C)C(=O)CC1C=CC=CC=C1. The first-order valence-corrected chi connectivity index (χ1v) is 4.74. The number of allylic oxidation sites excluding steroid dienone is 6. The van der Waals surface area contributed by atoms with Crippen LogP contribution >= 0.6 is 0 Å². The molecule has 0 N–H and O–H groups in total. The molecule has 0 saturated carbocycles. The van der Waals surface area contributed by atoms with Gasteiger partial charge >= 0.3 is 0 Å². The second-order valence-electron chi connectivity index (χ2n) is 3.64. The fraction of sp³-hybridized carbons (Fsp3) is 0.417. The van der Waals surface area contributed by atoms with Crippen molar-refractivity contribution in [3.05, 3.63) is 36.5 Å². The van der Waals surface area contributed by atoms with E-state index in [1.165, 1.54) is 0 Å². The highest BCUT2D eigenvalue weighted by Gasteiger charge is 2.11. The quantitative estimate of drug-likeness (QED) is 0.646. The summed E-state index contributed by atoms with van der Waals surface area (Å²) in [5.74, 6) is 0.768. The van der Waals surface area contributed by atoms with Gasteiger partial charge in [-0.15, -0.1) is 0 Å². The molecule has 0 fully saturated rings. The molecule has 1 rings (SSSR count). The van der Waals surface area contributed by atoms with E-state index in [4.69, 9.17) is 0 Å². The summed E-state index contributed by atoms with van der Waals surface area (Å²) in [6.45, 7) is 3.90. The van der Waals surface area contributed by atoms with Crippen molar-refractivity contribution in [1.29, 1.82) is 0 Å². The highest BCUT2D eigenvalue weighted by atomic mass is 16.1. The van der Waals surface area contributed by atoms with E-state index in [0.717, 1.165) is 0 Å². The minimum absolute atomic E-state index is 0.151. The lowest BCUT2D eigenvalue weighted by molar-refractivity contribution is -0.122. The fourth-order valence-corrected chi connectivity index (χ4v) is 1.21. The first kappa shape index (κ1) is 9.97. The van der Waals surface area contributed by atoms with Gasteiger partial charge in [0.05, 0.1) is 0 Å². The summed E-state index contributed by atoms with van der Waals surface area (Å²) in [5.41, 5.74) is 0. The van der Waals surface area contributed by atoms with E-state index in [1.54, 1.807) is 0 Å². The Bertz CT molecular complexity index is 240. The van der Waals surface area contributed by atoms with Crippen LogP contribution in [0, 0.1) is 11.8 Å². The Morgan fingerprint density at radius 2 is 1.69 bits per heavy atom. The maximum atomic E-state index is 11.4. The van der Waals surface area contributed by atoms with Crippen molar-refractivity contribution in [2.45, 2.75) is 20.3 Å². The van der Waals surface area contributed by atoms with Crippen molar-refractivity contribution in [1.82, 2.24) is 0 Å². The van der Waals surface area contributed by atoms with E-state index in [2.05, 4.69) is 12.2 Å². The van der Waals surface area contributed by atoms with Crippen molar-refractivity contribution >= 4 is 5.78 Å². The molecule has 0 saturated heterocycles. The molecular weight excluding hydrogens is 160 g/mol. The van der Waals surface area contributed by atoms with Crippen LogP contribution in [-0.2, 0) is 4.79 Å². The molecule has 1 nitrogen and oxygen atoms in total. The summed E-state index contributed by atoms with van der Waals surface area (Å²) in [6.07, 6.45) is 12.7. The predicted octanol–water partition coefficient (Wildman–Crippen LogP) is 2.90. The van der Waals surface area contributed by atoms with Gasteiger partial charge in [-0.2, -0.15) is 0 Å². The molecule has 0 unspecified atom stereocenters. The van der Waals surface area contributed by atoms with Gasteiger partial charge < -0.3 is 0 Å². The van der Waals surface area contributed by atoms with Gasteiger partial charge in [0.15, 0.2) is 0 Å². The molecule has 0 amide bonds. The molecule has 0 bridgehead atoms. The minimum Gasteiger partial charge on any atom is -0.299 e. The zero-order valence-electron chi connectivity index (χ0n) is 8.23. The van der Waals surface area contributed by atoms with Crippen molar-refractivity contribution in [2.75, 3.05) is 0 Å². The van der Waals surface area contributed by atoms with Crippen molar-refractivity contribution < 1.29 is 4.79 Å². The molecule has 0 aliphatic heterocycles. The fourth-order valence-electron chi connectivity index (χ4n) is 1.21. The molecule has 13 heavy (non-hydrogen) atoms. The summed E-state index contributed by atoms with van der Waals surface area (Å²) in [4.78, 5) is 11.4. The van der Waals surface area contributed by atoms with Gasteiger partial charge in [0.2, 0.25) is 0 Å². The largest absolute Gasteiger partial charge is 0.299 e. The van der Waals surface area contributed by atoms with Gasteiger partial charge in [-0.1, -0.05) is 50.3 Å². The van der Waals surface area contributed by atoms with Crippen LogP contribution in [0.2, 0.25) is 0 Å². The third kappa shape index (κ3) is 3.41. The van der Waals surface area contributed by atoms with Crippen LogP contribution in [0.25, 0.3) is 0 Å². The average Bonchev–Trinajstić information content (AvgIpc) is 2.32. The van der Waals surface area contributed by atoms with Crippen LogP contribution in [0.15, 0.2) is 36.5 Å². The van der Waals surface area contributed by atoms with E-state index in [9.17, 15) is 4.79 Å². The predicted molar refractivity (Wildman–Crippen MR) is 55.4 cm³/mol. The number of ketones is 1. The molecule has 0 radical (unpaired) electrons. The van der Waals surface area contributed by atoms with Gasteiger partial charge in [-0.05, 0) is 0 Å². The summed E-state index contributed by atoms with van der Waals surface area (Å²) in [7, 11) is 0. The van der Waals surface area contributed by atoms with Crippen molar-refractivity contribution in [2.24, 2.45) is 11.8 Å². The molecule has 70 valence electrons. The van der Waals surface area contributed by atoms with Gasteiger partial charge in [0.1, 0.15) is 5.78 Å². The monoisotopic (exact) mass is 176 g/mol. The normalized spacial score (nSPS) is 16.5. The lowest BCUT2D eigenvalue weighted by Crippen LogP contribution is -2.10. The first-order valence-electron chi connectivity index (χ1n) is 4.74. The molecule has 0 aromatic carbocycles. The molecule has 1 aliphatic rings. The molecule has 0 aromatic rings. The number of hydrogen-bond donors (Lipinski definition) is 0. The first-order chi connectivity index (χ1) is 6.20. The van der Waals surface area contributed by atoms with E-state index < -0.39 is 0 Å². The van der Waals surface area contributed by atoms with Crippen LogP contribution in [-0.4, -0.2) is 5.78 Å². The van der Waals surface area contributed by atoms with E-state index in [0.29, 0.717) is 12.2 Å². The number of carbonyl (C=O) groups excluding carboxylic acids is 1. The Kier molecular flexibility index (Phi) is 3.69. The van der Waals surface area contributed by atoms with Crippen molar-refractivity contribution in [3.63, 3.8) is 0 Å². The third-order valence-electron chi connectivity index (χ3n) is 2.13. The van der Waals surface area contributed by atoms with Crippen LogP contribution in [0.1, 0.15) is 20.3 Å². The Hall–Kier alpha value is -1.11. The maximum absolute atomic E-state index is 11.4. The zero-order valence-corrected chi connectivity index (χ0v) is 8.23. The number of hydrogen-bond acceptors (Lipinski definition) is 1. The average molecular weight is 176 g/mol. The summed E-state index contributed by atoms with van der Waals surface area (Å²) in [6, 6.07) is 0. The number of rotatable bonds is 3. The highest BCUT2D eigenvalue weighted by Crippen LogP contribution is 2.13. The highest BCUT2D eigenvalue weighted by molar-refractivity contribution is 5.80. The summed E-state index contributed by atoms with van der Waals surface area (Å²) < 4.78 is 0. The molecule has 0 heterocycles. The van der Waals surface area contributed by atoms with Crippen LogP contribution in [0.5, 0.6) is 0 Å². The Morgan fingerprint density at radius 1 is 1.15 bits per heavy atom. The molecule has 1 heteroatoms. The van der Waals surface area contributed by atoms with E-state index >= 15 is 0 Å². The second-order valence-corrected chi connectivity index (χ2v) is 3.64. The Balaban J connectivity index is 2.50. The topological polar surface area (TPSA) is 17.1 Å². The molecule has 0 aromatic heterocycles. The molecule has 0 atom stereocenters. The maximum Gasteiger partial charge on any atom is 0.136 e. The standard InChI is InChI=1S/C12H16O/c1-10(2)12(13)9-11-7-5-3-4-6-8-11/h3-8,10-11H,9H2,1-2H3.